The maximum atomic E-state index is 5.50. The lowest BCUT2D eigenvalue weighted by molar-refractivity contribution is 0.340. The number of nitrogens with zero attached hydrogens (tertiary/aromatic N) is 1. The van der Waals surface area contributed by atoms with Gasteiger partial charge in [0.25, 0.3) is 0 Å². The Balaban J connectivity index is 2.21. The van der Waals surface area contributed by atoms with Crippen LogP contribution in [0.5, 0.6) is 5.75 Å². The highest BCUT2D eigenvalue weighted by Crippen LogP contribution is 2.25. The molecule has 1 N–H and O–H groups in total. The van der Waals surface area contributed by atoms with E-state index in [0.29, 0.717) is 6.61 Å². The van der Waals surface area contributed by atoms with Crippen molar-refractivity contribution in [1.29, 1.82) is 0 Å². The monoisotopic (exact) mass is 290 g/mol. The highest BCUT2D eigenvalue weighted by atomic mass is 32.1. The van der Waals surface area contributed by atoms with Crippen LogP contribution in [0, 0.1) is 6.92 Å². The Labute approximate surface area is 125 Å². The second-order valence-corrected chi connectivity index (χ2v) is 5.74. The summed E-state index contributed by atoms with van der Waals surface area (Å²) in [7, 11) is 0. The van der Waals surface area contributed by atoms with Crippen molar-refractivity contribution in [3.8, 4) is 5.75 Å². The third-order valence-electron chi connectivity index (χ3n) is 3.06. The predicted octanol–water partition coefficient (Wildman–Crippen LogP) is 3.94. The van der Waals surface area contributed by atoms with Gasteiger partial charge in [-0.1, -0.05) is 19.1 Å². The molecule has 0 aliphatic carbocycles. The predicted molar refractivity (Wildman–Crippen MR) is 84.6 cm³/mol. The molecule has 1 atom stereocenters. The van der Waals surface area contributed by atoms with Gasteiger partial charge in [0.1, 0.15) is 5.75 Å². The Morgan fingerprint density at radius 2 is 2.00 bits per heavy atom. The van der Waals surface area contributed by atoms with E-state index in [1.165, 1.54) is 5.56 Å². The lowest BCUT2D eigenvalue weighted by Gasteiger charge is -2.17. The number of benzene rings is 1. The Bertz CT molecular complexity index is 522. The molecule has 1 aromatic heterocycles. The molecule has 4 heteroatoms. The summed E-state index contributed by atoms with van der Waals surface area (Å²) in [6.07, 6.45) is 1.11. The van der Waals surface area contributed by atoms with Gasteiger partial charge in [0, 0.05) is 5.38 Å². The summed E-state index contributed by atoms with van der Waals surface area (Å²) in [6.45, 7) is 7.89. The van der Waals surface area contributed by atoms with Crippen LogP contribution in [0.2, 0.25) is 0 Å². The summed E-state index contributed by atoms with van der Waals surface area (Å²) in [5, 5.41) is 6.81. The molecular weight excluding hydrogens is 268 g/mol. The first-order chi connectivity index (χ1) is 9.74. The van der Waals surface area contributed by atoms with E-state index >= 15 is 0 Å². The molecule has 0 amide bonds. The summed E-state index contributed by atoms with van der Waals surface area (Å²) in [6, 6.07) is 8.45. The quantitative estimate of drug-likeness (QED) is 0.838. The lowest BCUT2D eigenvalue weighted by Crippen LogP contribution is -2.23. The summed E-state index contributed by atoms with van der Waals surface area (Å²) in [4.78, 5) is 4.62. The number of nitrogens with one attached hydrogen (secondary N) is 1. The van der Waals surface area contributed by atoms with Crippen LogP contribution in [0.3, 0.4) is 0 Å². The molecule has 20 heavy (non-hydrogen) atoms. The molecule has 0 spiro atoms. The van der Waals surface area contributed by atoms with Gasteiger partial charge in [-0.05, 0) is 44.5 Å². The summed E-state index contributed by atoms with van der Waals surface area (Å²) in [5.74, 6) is 0.917. The number of thiazole rings is 1. The van der Waals surface area contributed by atoms with E-state index in [1.54, 1.807) is 11.3 Å². The minimum atomic E-state index is 0.163. The second-order valence-electron chi connectivity index (χ2n) is 4.68. The van der Waals surface area contributed by atoms with E-state index in [9.17, 15) is 0 Å². The number of rotatable bonds is 7. The molecule has 1 aromatic carbocycles. The van der Waals surface area contributed by atoms with Crippen LogP contribution >= 0.6 is 11.3 Å². The third-order valence-corrected chi connectivity index (χ3v) is 3.85. The fraction of sp³-hybridized carbons (Fsp3) is 0.438. The molecule has 0 saturated carbocycles. The van der Waals surface area contributed by atoms with Crippen molar-refractivity contribution >= 4 is 11.3 Å². The molecule has 3 nitrogen and oxygen atoms in total. The number of aryl methyl sites for hydroxylation is 1. The fourth-order valence-corrected chi connectivity index (χ4v) is 2.76. The maximum absolute atomic E-state index is 5.50. The Hall–Kier alpha value is -1.39. The molecule has 2 aromatic rings. The van der Waals surface area contributed by atoms with Crippen molar-refractivity contribution in [2.24, 2.45) is 0 Å². The standard InChI is InChI=1S/C16H22N2OS/c1-4-10-17-16(15-11-20-12(3)18-15)13-6-8-14(9-7-13)19-5-2/h6-9,11,16-17H,4-5,10H2,1-3H3. The zero-order valence-electron chi connectivity index (χ0n) is 12.3. The van der Waals surface area contributed by atoms with Crippen molar-refractivity contribution in [3.05, 3.63) is 45.9 Å². The first-order valence-corrected chi connectivity index (χ1v) is 8.00. The van der Waals surface area contributed by atoms with E-state index in [4.69, 9.17) is 4.74 Å². The molecule has 0 radical (unpaired) electrons. The SMILES string of the molecule is CCCNC(c1ccc(OCC)cc1)c1csc(C)n1. The van der Waals surface area contributed by atoms with Crippen LogP contribution < -0.4 is 10.1 Å². The molecule has 0 aliphatic rings. The Kier molecular flexibility index (Phi) is 5.56. The first-order valence-electron chi connectivity index (χ1n) is 7.12. The smallest absolute Gasteiger partial charge is 0.119 e. The van der Waals surface area contributed by atoms with Gasteiger partial charge < -0.3 is 10.1 Å². The van der Waals surface area contributed by atoms with Gasteiger partial charge in [-0.25, -0.2) is 4.98 Å². The molecule has 0 saturated heterocycles. The average Bonchev–Trinajstić information content (AvgIpc) is 2.88. The van der Waals surface area contributed by atoms with Gasteiger partial charge >= 0.3 is 0 Å². The second kappa shape index (κ2) is 7.41. The maximum Gasteiger partial charge on any atom is 0.119 e. The van der Waals surface area contributed by atoms with E-state index in [0.717, 1.165) is 29.4 Å². The minimum absolute atomic E-state index is 0.163. The number of hydrogen-bond donors (Lipinski definition) is 1. The molecule has 0 aliphatic heterocycles. The van der Waals surface area contributed by atoms with Crippen LogP contribution in [0.25, 0.3) is 0 Å². The molecular formula is C16H22N2OS. The van der Waals surface area contributed by atoms with E-state index < -0.39 is 0 Å². The molecule has 1 heterocycles. The van der Waals surface area contributed by atoms with Crippen LogP contribution in [0.4, 0.5) is 0 Å². The molecule has 108 valence electrons. The van der Waals surface area contributed by atoms with Gasteiger partial charge in [-0.15, -0.1) is 11.3 Å². The van der Waals surface area contributed by atoms with Crippen molar-refractivity contribution in [2.45, 2.75) is 33.2 Å². The normalized spacial score (nSPS) is 12.3. The van der Waals surface area contributed by atoms with Gasteiger partial charge in [-0.3, -0.25) is 0 Å². The summed E-state index contributed by atoms with van der Waals surface area (Å²) in [5.41, 5.74) is 2.33. The highest BCUT2D eigenvalue weighted by Gasteiger charge is 2.16. The van der Waals surface area contributed by atoms with Crippen LogP contribution in [0.15, 0.2) is 29.6 Å². The largest absolute Gasteiger partial charge is 0.494 e. The van der Waals surface area contributed by atoms with Gasteiger partial charge in [0.05, 0.1) is 23.4 Å². The lowest BCUT2D eigenvalue weighted by atomic mass is 10.0. The van der Waals surface area contributed by atoms with E-state index in [2.05, 4.69) is 34.7 Å². The summed E-state index contributed by atoms with van der Waals surface area (Å²) < 4.78 is 5.50. The van der Waals surface area contributed by atoms with E-state index in [1.807, 2.05) is 26.0 Å². The van der Waals surface area contributed by atoms with Crippen molar-refractivity contribution in [2.75, 3.05) is 13.2 Å². The number of ether oxygens (including phenoxy) is 1. The number of aromatic nitrogens is 1. The third kappa shape index (κ3) is 3.81. The van der Waals surface area contributed by atoms with Crippen molar-refractivity contribution in [1.82, 2.24) is 10.3 Å². The zero-order valence-corrected chi connectivity index (χ0v) is 13.2. The molecule has 0 fully saturated rings. The minimum Gasteiger partial charge on any atom is -0.494 e. The number of hydrogen-bond acceptors (Lipinski definition) is 4. The van der Waals surface area contributed by atoms with Crippen LogP contribution in [-0.4, -0.2) is 18.1 Å². The zero-order chi connectivity index (χ0) is 14.4. The highest BCUT2D eigenvalue weighted by molar-refractivity contribution is 7.09. The Morgan fingerprint density at radius 1 is 1.25 bits per heavy atom. The van der Waals surface area contributed by atoms with Crippen molar-refractivity contribution in [3.63, 3.8) is 0 Å². The fourth-order valence-electron chi connectivity index (χ4n) is 2.12. The van der Waals surface area contributed by atoms with Crippen molar-refractivity contribution < 1.29 is 4.74 Å². The van der Waals surface area contributed by atoms with Crippen LogP contribution in [0.1, 0.15) is 42.6 Å². The van der Waals surface area contributed by atoms with Gasteiger partial charge in [-0.2, -0.15) is 0 Å². The Morgan fingerprint density at radius 3 is 2.55 bits per heavy atom. The average molecular weight is 290 g/mol. The topological polar surface area (TPSA) is 34.1 Å². The summed E-state index contributed by atoms with van der Waals surface area (Å²) >= 11 is 1.70. The molecule has 1 unspecified atom stereocenters. The van der Waals surface area contributed by atoms with Crippen LogP contribution in [-0.2, 0) is 0 Å². The van der Waals surface area contributed by atoms with E-state index in [-0.39, 0.29) is 6.04 Å². The molecule has 0 bridgehead atoms. The van der Waals surface area contributed by atoms with Gasteiger partial charge in [0.2, 0.25) is 0 Å². The first kappa shape index (κ1) is 15.0. The van der Waals surface area contributed by atoms with Gasteiger partial charge in [0.15, 0.2) is 0 Å². The molecule has 2 rings (SSSR count).